The highest BCUT2D eigenvalue weighted by atomic mass is 79.9. The number of carbonyl (C=O) groups is 2. The van der Waals surface area contributed by atoms with Crippen LogP contribution in [0.1, 0.15) is 10.4 Å². The second-order valence-corrected chi connectivity index (χ2v) is 4.45. The number of carbonyl (C=O) groups excluding carboxylic acids is 2. The number of hydrogen-bond acceptors (Lipinski definition) is 2. The van der Waals surface area contributed by atoms with Gasteiger partial charge in [-0.15, -0.1) is 0 Å². The van der Waals surface area contributed by atoms with Crippen LogP contribution < -0.4 is 5.32 Å². The first-order valence-corrected chi connectivity index (χ1v) is 5.64. The van der Waals surface area contributed by atoms with Crippen molar-refractivity contribution in [3.8, 4) is 0 Å². The molecule has 2 amide bonds. The van der Waals surface area contributed by atoms with Crippen molar-refractivity contribution < 1.29 is 14.0 Å². The predicted octanol–water partition coefficient (Wildman–Crippen LogP) is 1.41. The Labute approximate surface area is 107 Å². The zero-order valence-corrected chi connectivity index (χ0v) is 11.0. The Bertz CT molecular complexity index is 449. The maximum Gasteiger partial charge on any atom is 0.252 e. The molecular weight excluding hydrogens is 291 g/mol. The van der Waals surface area contributed by atoms with Gasteiger partial charge in [0.1, 0.15) is 5.82 Å². The van der Waals surface area contributed by atoms with E-state index < -0.39 is 11.7 Å². The van der Waals surface area contributed by atoms with Crippen LogP contribution in [0.25, 0.3) is 0 Å². The van der Waals surface area contributed by atoms with E-state index in [1.165, 1.54) is 17.0 Å². The van der Waals surface area contributed by atoms with Gasteiger partial charge in [0, 0.05) is 18.6 Å². The summed E-state index contributed by atoms with van der Waals surface area (Å²) in [6, 6.07) is 3.80. The second-order valence-electron chi connectivity index (χ2n) is 3.60. The van der Waals surface area contributed by atoms with Crippen LogP contribution in [0.2, 0.25) is 0 Å². The third-order valence-corrected chi connectivity index (χ3v) is 2.76. The molecule has 1 aromatic rings. The Morgan fingerprint density at radius 3 is 2.65 bits per heavy atom. The zero-order valence-electron chi connectivity index (χ0n) is 9.46. The largest absolute Gasteiger partial charge is 0.347 e. The normalized spacial score (nSPS) is 9.88. The number of hydrogen-bond donors (Lipinski definition) is 1. The number of nitrogens with zero attached hydrogens (tertiary/aromatic N) is 1. The smallest absolute Gasteiger partial charge is 0.252 e. The second kappa shape index (κ2) is 5.77. The van der Waals surface area contributed by atoms with Crippen molar-refractivity contribution in [2.45, 2.75) is 0 Å². The summed E-state index contributed by atoms with van der Waals surface area (Å²) in [5.74, 6) is -1.23. The van der Waals surface area contributed by atoms with Gasteiger partial charge in [0.05, 0.1) is 12.1 Å². The zero-order chi connectivity index (χ0) is 13.0. The Balaban J connectivity index is 2.70. The standard InChI is InChI=1S/C11H12BrFN2O2/c1-15(2)10(16)6-14-11(17)8-5-7(13)3-4-9(8)12/h3-5H,6H2,1-2H3,(H,14,17). The van der Waals surface area contributed by atoms with E-state index in [2.05, 4.69) is 21.2 Å². The predicted molar refractivity (Wildman–Crippen MR) is 65.1 cm³/mol. The van der Waals surface area contributed by atoms with Crippen LogP contribution >= 0.6 is 15.9 Å². The van der Waals surface area contributed by atoms with Gasteiger partial charge in [0.25, 0.3) is 5.91 Å². The van der Waals surface area contributed by atoms with Crippen molar-refractivity contribution in [3.63, 3.8) is 0 Å². The molecule has 0 aliphatic carbocycles. The van der Waals surface area contributed by atoms with Crippen molar-refractivity contribution in [3.05, 3.63) is 34.1 Å². The maximum absolute atomic E-state index is 13.0. The van der Waals surface area contributed by atoms with Crippen LogP contribution in [-0.4, -0.2) is 37.4 Å². The summed E-state index contributed by atoms with van der Waals surface area (Å²) in [7, 11) is 3.18. The molecule has 0 unspecified atom stereocenters. The summed E-state index contributed by atoms with van der Waals surface area (Å²) in [6.45, 7) is -0.116. The molecule has 0 aliphatic rings. The van der Waals surface area contributed by atoms with Gasteiger partial charge >= 0.3 is 0 Å². The fourth-order valence-electron chi connectivity index (χ4n) is 1.08. The van der Waals surface area contributed by atoms with E-state index >= 15 is 0 Å². The number of rotatable bonds is 3. The Morgan fingerprint density at radius 1 is 1.41 bits per heavy atom. The van der Waals surface area contributed by atoms with E-state index in [9.17, 15) is 14.0 Å². The molecule has 0 aromatic heterocycles. The van der Waals surface area contributed by atoms with Crippen LogP contribution in [0.3, 0.4) is 0 Å². The lowest BCUT2D eigenvalue weighted by Crippen LogP contribution is -2.36. The summed E-state index contributed by atoms with van der Waals surface area (Å²) in [5.41, 5.74) is 0.163. The van der Waals surface area contributed by atoms with Crippen molar-refractivity contribution in [2.75, 3.05) is 20.6 Å². The lowest BCUT2D eigenvalue weighted by Gasteiger charge is -2.11. The average Bonchev–Trinajstić information content (AvgIpc) is 2.28. The number of benzene rings is 1. The quantitative estimate of drug-likeness (QED) is 0.918. The molecule has 0 saturated carbocycles. The molecule has 0 spiro atoms. The Kier molecular flexibility index (Phi) is 4.62. The fraction of sp³-hybridized carbons (Fsp3) is 0.273. The molecule has 0 atom stereocenters. The van der Waals surface area contributed by atoms with Gasteiger partial charge in [-0.3, -0.25) is 9.59 Å². The maximum atomic E-state index is 13.0. The molecule has 0 fully saturated rings. The minimum absolute atomic E-state index is 0.116. The van der Waals surface area contributed by atoms with Gasteiger partial charge in [-0.2, -0.15) is 0 Å². The van der Waals surface area contributed by atoms with Gasteiger partial charge in [-0.25, -0.2) is 4.39 Å². The summed E-state index contributed by atoms with van der Waals surface area (Å²) < 4.78 is 13.4. The molecular formula is C11H12BrFN2O2. The average molecular weight is 303 g/mol. The number of amides is 2. The van der Waals surface area contributed by atoms with Gasteiger partial charge < -0.3 is 10.2 Å². The molecule has 0 radical (unpaired) electrons. The highest BCUT2D eigenvalue weighted by Crippen LogP contribution is 2.17. The Hall–Kier alpha value is -1.43. The van der Waals surface area contributed by atoms with E-state index in [4.69, 9.17) is 0 Å². The first-order valence-electron chi connectivity index (χ1n) is 4.85. The van der Waals surface area contributed by atoms with Gasteiger partial charge in [0.2, 0.25) is 5.91 Å². The molecule has 1 N–H and O–H groups in total. The van der Waals surface area contributed by atoms with Gasteiger partial charge in [-0.05, 0) is 34.1 Å². The number of halogens is 2. The van der Waals surface area contributed by atoms with Crippen LogP contribution in [0.4, 0.5) is 4.39 Å². The van der Waals surface area contributed by atoms with E-state index in [0.29, 0.717) is 4.47 Å². The molecule has 0 bridgehead atoms. The molecule has 17 heavy (non-hydrogen) atoms. The van der Waals surface area contributed by atoms with Crippen molar-refractivity contribution in [2.24, 2.45) is 0 Å². The van der Waals surface area contributed by atoms with Crippen LogP contribution in [-0.2, 0) is 4.79 Å². The first kappa shape index (κ1) is 13.6. The monoisotopic (exact) mass is 302 g/mol. The molecule has 92 valence electrons. The summed E-state index contributed by atoms with van der Waals surface area (Å²) >= 11 is 3.14. The van der Waals surface area contributed by atoms with E-state index in [-0.39, 0.29) is 18.0 Å². The number of likely N-dealkylation sites (N-methyl/N-ethyl adjacent to an activating group) is 1. The number of nitrogens with one attached hydrogen (secondary N) is 1. The molecule has 4 nitrogen and oxygen atoms in total. The molecule has 0 saturated heterocycles. The van der Waals surface area contributed by atoms with Crippen LogP contribution in [0.15, 0.2) is 22.7 Å². The van der Waals surface area contributed by atoms with Crippen LogP contribution in [0, 0.1) is 5.82 Å². The third-order valence-electron chi connectivity index (χ3n) is 2.07. The fourth-order valence-corrected chi connectivity index (χ4v) is 1.51. The molecule has 1 rings (SSSR count). The molecule has 6 heteroatoms. The topological polar surface area (TPSA) is 49.4 Å². The minimum Gasteiger partial charge on any atom is -0.347 e. The Morgan fingerprint density at radius 2 is 2.06 bits per heavy atom. The first-order chi connectivity index (χ1) is 7.91. The van der Waals surface area contributed by atoms with Gasteiger partial charge in [0.15, 0.2) is 0 Å². The van der Waals surface area contributed by atoms with E-state index in [1.807, 2.05) is 0 Å². The molecule has 1 aromatic carbocycles. The SMILES string of the molecule is CN(C)C(=O)CNC(=O)c1cc(F)ccc1Br. The van der Waals surface area contributed by atoms with Crippen LogP contribution in [0.5, 0.6) is 0 Å². The minimum atomic E-state index is -0.503. The summed E-state index contributed by atoms with van der Waals surface area (Å²) in [6.07, 6.45) is 0. The van der Waals surface area contributed by atoms with Crippen molar-refractivity contribution in [1.29, 1.82) is 0 Å². The molecule has 0 aliphatic heterocycles. The summed E-state index contributed by atoms with van der Waals surface area (Å²) in [5, 5.41) is 2.42. The van der Waals surface area contributed by atoms with Crippen molar-refractivity contribution in [1.82, 2.24) is 10.2 Å². The lowest BCUT2D eigenvalue weighted by molar-refractivity contribution is -0.127. The van der Waals surface area contributed by atoms with E-state index in [1.54, 1.807) is 14.1 Å². The highest BCUT2D eigenvalue weighted by molar-refractivity contribution is 9.10. The van der Waals surface area contributed by atoms with Crippen molar-refractivity contribution >= 4 is 27.7 Å². The van der Waals surface area contributed by atoms with E-state index in [0.717, 1.165) is 6.07 Å². The molecule has 0 heterocycles. The van der Waals surface area contributed by atoms with Gasteiger partial charge in [-0.1, -0.05) is 0 Å². The lowest BCUT2D eigenvalue weighted by atomic mass is 10.2. The summed E-state index contributed by atoms with van der Waals surface area (Å²) in [4.78, 5) is 24.3. The third kappa shape index (κ3) is 3.81. The highest BCUT2D eigenvalue weighted by Gasteiger charge is 2.12.